The first-order chi connectivity index (χ1) is 12.9. The predicted octanol–water partition coefficient (Wildman–Crippen LogP) is 4.01. The first-order valence-electron chi connectivity index (χ1n) is 8.19. The molecule has 0 bridgehead atoms. The molecular weight excluding hydrogens is 356 g/mol. The summed E-state index contributed by atoms with van der Waals surface area (Å²) < 4.78 is 36.4. The van der Waals surface area contributed by atoms with E-state index in [1.54, 1.807) is 19.2 Å². The molecule has 0 spiro atoms. The van der Waals surface area contributed by atoms with Crippen LogP contribution in [0.3, 0.4) is 0 Å². The van der Waals surface area contributed by atoms with Gasteiger partial charge in [0.15, 0.2) is 0 Å². The van der Waals surface area contributed by atoms with Gasteiger partial charge in [-0.2, -0.15) is 8.78 Å². The highest BCUT2D eigenvalue weighted by atomic mass is 19.3. The number of nitrogens with zero attached hydrogens (tertiary/aromatic N) is 3. The van der Waals surface area contributed by atoms with Gasteiger partial charge in [0.2, 0.25) is 11.6 Å². The van der Waals surface area contributed by atoms with Gasteiger partial charge in [0.1, 0.15) is 5.75 Å². The van der Waals surface area contributed by atoms with E-state index in [9.17, 15) is 13.6 Å². The lowest BCUT2D eigenvalue weighted by Crippen LogP contribution is -2.52. The minimum Gasteiger partial charge on any atom is -0.463 e. The van der Waals surface area contributed by atoms with Gasteiger partial charge in [-0.25, -0.2) is 0 Å². The molecule has 6 nitrogen and oxygen atoms in total. The van der Waals surface area contributed by atoms with E-state index in [1.807, 2.05) is 37.3 Å². The fraction of sp³-hybridized carbons (Fsp3) is 0.211. The van der Waals surface area contributed by atoms with E-state index in [4.69, 9.17) is 9.15 Å². The van der Waals surface area contributed by atoms with Crippen molar-refractivity contribution < 1.29 is 22.7 Å². The van der Waals surface area contributed by atoms with Gasteiger partial charge in [-0.05, 0) is 25.1 Å². The Morgan fingerprint density at radius 3 is 2.52 bits per heavy atom. The molecule has 0 unspecified atom stereocenters. The van der Waals surface area contributed by atoms with E-state index in [1.165, 1.54) is 11.0 Å². The van der Waals surface area contributed by atoms with Gasteiger partial charge in [0, 0.05) is 18.2 Å². The first kappa shape index (κ1) is 17.1. The summed E-state index contributed by atoms with van der Waals surface area (Å²) in [5.74, 6) is -0.723. The van der Waals surface area contributed by atoms with Crippen LogP contribution in [0, 0.1) is 0 Å². The van der Waals surface area contributed by atoms with Gasteiger partial charge in [0.25, 0.3) is 11.8 Å². The number of carbonyl (C=O) groups excluding carboxylic acids is 1. The number of amides is 1. The van der Waals surface area contributed by atoms with Crippen molar-refractivity contribution >= 4 is 5.91 Å². The maximum Gasteiger partial charge on any atom is 0.314 e. The third kappa shape index (κ3) is 2.73. The maximum atomic E-state index is 13.0. The van der Waals surface area contributed by atoms with Crippen LogP contribution in [-0.4, -0.2) is 28.1 Å². The molecule has 8 heteroatoms. The molecule has 1 aliphatic rings. The van der Waals surface area contributed by atoms with Crippen molar-refractivity contribution in [1.29, 1.82) is 0 Å². The zero-order valence-electron chi connectivity index (χ0n) is 14.5. The Kier molecular flexibility index (Phi) is 3.91. The summed E-state index contributed by atoms with van der Waals surface area (Å²) in [6, 6.07) is 14.1. The first-order valence-corrected chi connectivity index (χ1v) is 8.19. The molecule has 1 aliphatic heterocycles. The van der Waals surface area contributed by atoms with Crippen molar-refractivity contribution in [1.82, 2.24) is 15.1 Å². The van der Waals surface area contributed by atoms with E-state index in [2.05, 4.69) is 10.2 Å². The number of benzene rings is 2. The summed E-state index contributed by atoms with van der Waals surface area (Å²) in [4.78, 5) is 14.5. The van der Waals surface area contributed by atoms with Crippen molar-refractivity contribution in [2.45, 2.75) is 19.1 Å². The molecule has 0 N–H and O–H groups in total. The minimum atomic E-state index is -2.86. The third-order valence-electron chi connectivity index (χ3n) is 4.65. The number of hydrogen-bond acceptors (Lipinski definition) is 5. The Hall–Kier alpha value is -3.29. The molecular formula is C19H15F2N3O3. The maximum absolute atomic E-state index is 13.0. The van der Waals surface area contributed by atoms with Crippen molar-refractivity contribution in [2.24, 2.45) is 0 Å². The summed E-state index contributed by atoms with van der Waals surface area (Å²) in [6.07, 6.45) is -2.86. The summed E-state index contributed by atoms with van der Waals surface area (Å²) in [5, 5.41) is 6.92. The molecule has 4 rings (SSSR count). The highest BCUT2D eigenvalue weighted by molar-refractivity contribution is 5.99. The highest BCUT2D eigenvalue weighted by Gasteiger charge is 2.42. The molecule has 3 aromatic rings. The van der Waals surface area contributed by atoms with Crippen LogP contribution in [0.15, 0.2) is 52.9 Å². The predicted molar refractivity (Wildman–Crippen MR) is 91.2 cm³/mol. The molecule has 1 amide bonds. The van der Waals surface area contributed by atoms with Crippen LogP contribution < -0.4 is 4.74 Å². The van der Waals surface area contributed by atoms with E-state index < -0.39 is 18.0 Å². The fourth-order valence-electron chi connectivity index (χ4n) is 3.02. The fourth-order valence-corrected chi connectivity index (χ4v) is 3.02. The van der Waals surface area contributed by atoms with Crippen molar-refractivity contribution in [3.05, 3.63) is 65.5 Å². The van der Waals surface area contributed by atoms with Gasteiger partial charge in [-0.15, -0.1) is 10.2 Å². The summed E-state index contributed by atoms with van der Waals surface area (Å²) in [7, 11) is 1.65. The van der Waals surface area contributed by atoms with Gasteiger partial charge in [-0.3, -0.25) is 9.69 Å². The van der Waals surface area contributed by atoms with E-state index in [0.29, 0.717) is 16.9 Å². The van der Waals surface area contributed by atoms with Crippen LogP contribution in [0.5, 0.6) is 5.75 Å². The largest absolute Gasteiger partial charge is 0.463 e. The lowest BCUT2D eigenvalue weighted by atomic mass is 9.98. The minimum absolute atomic E-state index is 0.0834. The van der Waals surface area contributed by atoms with Crippen molar-refractivity contribution in [3.63, 3.8) is 0 Å². The molecule has 0 radical (unpaired) electrons. The Balaban J connectivity index is 1.74. The number of ether oxygens (including phenoxy) is 1. The smallest absolute Gasteiger partial charge is 0.314 e. The van der Waals surface area contributed by atoms with Crippen molar-refractivity contribution in [2.75, 3.05) is 7.05 Å². The second kappa shape index (κ2) is 6.15. The summed E-state index contributed by atoms with van der Waals surface area (Å²) in [6.45, 7) is 1.81. The molecule has 0 aliphatic carbocycles. The number of hydrogen-bond donors (Lipinski definition) is 0. The van der Waals surface area contributed by atoms with Crippen LogP contribution in [0.25, 0.3) is 11.5 Å². The monoisotopic (exact) mass is 371 g/mol. The van der Waals surface area contributed by atoms with E-state index in [0.717, 1.165) is 5.56 Å². The number of alkyl halides is 2. The van der Waals surface area contributed by atoms with E-state index >= 15 is 0 Å². The molecule has 0 saturated carbocycles. The number of halogens is 2. The van der Waals surface area contributed by atoms with Gasteiger partial charge >= 0.3 is 6.43 Å². The molecule has 138 valence electrons. The third-order valence-corrected chi connectivity index (χ3v) is 4.65. The van der Waals surface area contributed by atoms with Crippen molar-refractivity contribution in [3.8, 4) is 17.2 Å². The Labute approximate surface area is 153 Å². The average molecular weight is 371 g/mol. The van der Waals surface area contributed by atoms with Crippen LogP contribution in [0.2, 0.25) is 0 Å². The Morgan fingerprint density at radius 1 is 1.11 bits per heavy atom. The molecule has 1 atom stereocenters. The quantitative estimate of drug-likeness (QED) is 0.696. The SMILES string of the molecule is CN1C(=O)c2cc(-c3nnc(C(F)F)o3)ccc2O[C@]1(C)c1ccccc1. The number of carbonyl (C=O) groups is 1. The number of fused-ring (bicyclic) bond motifs is 1. The molecule has 0 saturated heterocycles. The standard InChI is InChI=1S/C19H15F2N3O3/c1-19(12-6-4-3-5-7-12)24(2)18(25)13-10-11(8-9-14(13)27-19)16-22-23-17(26-16)15(20)21/h3-10,15H,1-2H3/t19-/m1/s1. The Bertz CT molecular complexity index is 1010. The molecule has 0 fully saturated rings. The second-order valence-electron chi connectivity index (χ2n) is 6.27. The van der Waals surface area contributed by atoms with Gasteiger partial charge in [0.05, 0.1) is 5.56 Å². The van der Waals surface area contributed by atoms with Gasteiger partial charge < -0.3 is 9.15 Å². The molecule has 2 aromatic carbocycles. The van der Waals surface area contributed by atoms with E-state index in [-0.39, 0.29) is 11.8 Å². The molecule has 2 heterocycles. The van der Waals surface area contributed by atoms with Crippen LogP contribution in [-0.2, 0) is 5.72 Å². The topological polar surface area (TPSA) is 68.5 Å². The number of aromatic nitrogens is 2. The second-order valence-corrected chi connectivity index (χ2v) is 6.27. The van der Waals surface area contributed by atoms with Gasteiger partial charge in [-0.1, -0.05) is 30.3 Å². The lowest BCUT2D eigenvalue weighted by Gasteiger charge is -2.43. The molecule has 27 heavy (non-hydrogen) atoms. The van der Waals surface area contributed by atoms with Crippen LogP contribution in [0.1, 0.15) is 35.2 Å². The zero-order chi connectivity index (χ0) is 19.2. The zero-order valence-corrected chi connectivity index (χ0v) is 14.5. The average Bonchev–Trinajstić information content (AvgIpc) is 3.17. The molecule has 1 aromatic heterocycles. The normalized spacial score (nSPS) is 19.1. The number of rotatable bonds is 3. The van der Waals surface area contributed by atoms with Crippen LogP contribution >= 0.6 is 0 Å². The summed E-state index contributed by atoms with van der Waals surface area (Å²) >= 11 is 0. The Morgan fingerprint density at radius 2 is 1.85 bits per heavy atom. The highest BCUT2D eigenvalue weighted by Crippen LogP contribution is 2.40. The lowest BCUT2D eigenvalue weighted by molar-refractivity contribution is -0.0556. The summed E-state index contributed by atoms with van der Waals surface area (Å²) in [5.41, 5.74) is 0.510. The van der Waals surface area contributed by atoms with Crippen LogP contribution in [0.4, 0.5) is 8.78 Å².